The summed E-state index contributed by atoms with van der Waals surface area (Å²) in [6, 6.07) is -1.03. The lowest BCUT2D eigenvalue weighted by Gasteiger charge is -2.41. The first-order chi connectivity index (χ1) is 39.7. The van der Waals surface area contributed by atoms with Crippen molar-refractivity contribution in [1.82, 2.24) is 5.32 Å². The number of aliphatic hydroxyl groups excluding tert-OH is 5. The third-order valence-electron chi connectivity index (χ3n) is 15.7. The lowest BCUT2D eigenvalue weighted by Crippen LogP contribution is -2.61. The molecule has 0 radical (unpaired) electrons. The lowest BCUT2D eigenvalue weighted by atomic mass is 9.99. The molecule has 0 aromatic carbocycles. The van der Waals surface area contributed by atoms with E-state index in [1.54, 1.807) is 6.08 Å². The van der Waals surface area contributed by atoms with E-state index in [2.05, 4.69) is 80.8 Å². The van der Waals surface area contributed by atoms with Gasteiger partial charge in [-0.3, -0.25) is 9.59 Å². The Morgan fingerprint density at radius 2 is 0.938 bits per heavy atom. The molecule has 1 saturated heterocycles. The van der Waals surface area contributed by atoms with Crippen LogP contribution in [0.5, 0.6) is 0 Å². The molecule has 1 amide bonds. The Hall–Kier alpha value is -2.90. The molecule has 0 saturated carbocycles. The van der Waals surface area contributed by atoms with Crippen molar-refractivity contribution < 1.29 is 49.3 Å². The van der Waals surface area contributed by atoms with Crippen LogP contribution in [0, 0.1) is 0 Å². The van der Waals surface area contributed by atoms with Gasteiger partial charge in [0.05, 0.1) is 25.4 Å². The van der Waals surface area contributed by atoms with E-state index >= 15 is 0 Å². The Bertz CT molecular complexity index is 1590. The number of rotatable bonds is 57. The zero-order valence-electron chi connectivity index (χ0n) is 52.1. The van der Waals surface area contributed by atoms with Crippen LogP contribution in [0.15, 0.2) is 72.9 Å². The molecule has 1 fully saturated rings. The van der Waals surface area contributed by atoms with E-state index in [0.717, 1.165) is 96.3 Å². The number of esters is 1. The van der Waals surface area contributed by atoms with E-state index in [1.165, 1.54) is 154 Å². The van der Waals surface area contributed by atoms with Gasteiger partial charge in [-0.2, -0.15) is 0 Å². The van der Waals surface area contributed by atoms with Crippen molar-refractivity contribution in [2.45, 2.75) is 346 Å². The van der Waals surface area contributed by atoms with Crippen LogP contribution in [0.2, 0.25) is 0 Å². The maximum Gasteiger partial charge on any atom is 0.306 e. The molecule has 0 spiro atoms. The summed E-state index contributed by atoms with van der Waals surface area (Å²) >= 11 is 0. The fourth-order valence-corrected chi connectivity index (χ4v) is 10.3. The summed E-state index contributed by atoms with van der Waals surface area (Å²) in [6.45, 7) is 5.65. The topological polar surface area (TPSA) is 175 Å². The third-order valence-corrected chi connectivity index (χ3v) is 15.7. The Morgan fingerprint density at radius 1 is 0.506 bits per heavy atom. The number of carbonyl (C=O) groups is 2. The summed E-state index contributed by atoms with van der Waals surface area (Å²) in [4.78, 5) is 26.6. The van der Waals surface area contributed by atoms with Crippen LogP contribution in [-0.4, -0.2) is 99.6 Å². The van der Waals surface area contributed by atoms with Gasteiger partial charge in [0.15, 0.2) is 12.4 Å². The van der Waals surface area contributed by atoms with E-state index in [0.29, 0.717) is 12.8 Å². The van der Waals surface area contributed by atoms with Gasteiger partial charge >= 0.3 is 5.97 Å². The van der Waals surface area contributed by atoms with Crippen molar-refractivity contribution in [3.05, 3.63) is 72.9 Å². The van der Waals surface area contributed by atoms with Gasteiger partial charge in [-0.25, -0.2) is 0 Å². The molecule has 11 heteroatoms. The highest BCUT2D eigenvalue weighted by Crippen LogP contribution is 2.26. The molecule has 0 bridgehead atoms. The van der Waals surface area contributed by atoms with Crippen LogP contribution in [0.1, 0.15) is 297 Å². The van der Waals surface area contributed by atoms with Crippen LogP contribution in [0.4, 0.5) is 0 Å². The van der Waals surface area contributed by atoms with Gasteiger partial charge in [-0.1, -0.05) is 286 Å². The summed E-state index contributed by atoms with van der Waals surface area (Å²) in [5, 5.41) is 57.1. The summed E-state index contributed by atoms with van der Waals surface area (Å²) in [6.07, 6.45) is 63.7. The fraction of sp³-hybridized carbons (Fsp3) is 0.800. The van der Waals surface area contributed by atoms with E-state index < -0.39 is 67.4 Å². The first-order valence-corrected chi connectivity index (χ1v) is 33.7. The summed E-state index contributed by atoms with van der Waals surface area (Å²) < 4.78 is 17.6. The second-order valence-corrected chi connectivity index (χ2v) is 23.2. The number of amides is 1. The molecule has 470 valence electrons. The molecule has 0 aromatic heterocycles. The van der Waals surface area contributed by atoms with E-state index in [1.807, 2.05) is 12.2 Å². The van der Waals surface area contributed by atoms with Crippen LogP contribution in [0.25, 0.3) is 0 Å². The number of ether oxygens (including phenoxy) is 3. The molecule has 8 unspecified atom stereocenters. The fourth-order valence-electron chi connectivity index (χ4n) is 10.3. The summed E-state index contributed by atoms with van der Waals surface area (Å²) in [5.74, 6) is -1.20. The van der Waals surface area contributed by atoms with Crippen molar-refractivity contribution in [3.63, 3.8) is 0 Å². The van der Waals surface area contributed by atoms with Crippen LogP contribution in [0.3, 0.4) is 0 Å². The second kappa shape index (κ2) is 57.5. The van der Waals surface area contributed by atoms with Gasteiger partial charge in [0, 0.05) is 6.42 Å². The average molecular weight is 1140 g/mol. The molecule has 1 aliphatic heterocycles. The van der Waals surface area contributed by atoms with Crippen LogP contribution in [-0.2, 0) is 23.8 Å². The van der Waals surface area contributed by atoms with E-state index in [-0.39, 0.29) is 19.4 Å². The molecule has 81 heavy (non-hydrogen) atoms. The van der Waals surface area contributed by atoms with Crippen LogP contribution < -0.4 is 5.32 Å². The highest BCUT2D eigenvalue weighted by molar-refractivity contribution is 5.80. The minimum Gasteiger partial charge on any atom is -0.454 e. The first-order valence-electron chi connectivity index (χ1n) is 33.7. The number of unbranched alkanes of at least 4 members (excludes halogenated alkanes) is 35. The minimum absolute atomic E-state index is 0.109. The number of hydrogen-bond donors (Lipinski definition) is 6. The molecule has 8 atom stereocenters. The van der Waals surface area contributed by atoms with E-state index in [4.69, 9.17) is 14.2 Å². The molecule has 11 nitrogen and oxygen atoms in total. The number of hydrogen-bond acceptors (Lipinski definition) is 10. The first kappa shape index (κ1) is 76.1. The predicted molar refractivity (Wildman–Crippen MR) is 338 cm³/mol. The van der Waals surface area contributed by atoms with Crippen LogP contribution >= 0.6 is 0 Å². The molecular weight excluding hydrogens is 1010 g/mol. The number of carbonyl (C=O) groups excluding carboxylic acids is 2. The standard InChI is InChI=1S/C70H125NO10/c1-4-7-10-13-16-19-22-25-27-28-29-30-31-32-33-34-35-37-39-42-45-48-51-54-57-63(74)69(78)71-61(62(73)56-53-50-47-44-41-38-24-21-18-15-12-9-6-3)60-79-70-68(67(77)66(76)64(59-72)80-70)81-65(75)58-55-52-49-46-43-40-36-26-23-20-17-14-11-8-5-2/h8,11,14,16-17,19-20,23,25,27,53,56,61-64,66-68,70,72-74,76-77H,4-7,9-10,12-13,15,18,21-22,24,26,28-52,54-55,57-60H2,1-3H3,(H,71,78)/b11-8+,17-14+,19-16-,23-20+,27-25-,56-53+. The number of allylic oxidation sites excluding steroid dienone is 11. The minimum atomic E-state index is -1.62. The van der Waals surface area contributed by atoms with Crippen molar-refractivity contribution in [2.75, 3.05) is 13.2 Å². The predicted octanol–water partition coefficient (Wildman–Crippen LogP) is 16.7. The van der Waals surface area contributed by atoms with Crippen molar-refractivity contribution in [1.29, 1.82) is 0 Å². The van der Waals surface area contributed by atoms with Crippen molar-refractivity contribution in [3.8, 4) is 0 Å². The summed E-state index contributed by atoms with van der Waals surface area (Å²) in [5.41, 5.74) is 0. The zero-order valence-corrected chi connectivity index (χ0v) is 52.1. The second-order valence-electron chi connectivity index (χ2n) is 23.2. The maximum absolute atomic E-state index is 13.5. The molecule has 1 rings (SSSR count). The largest absolute Gasteiger partial charge is 0.454 e. The average Bonchev–Trinajstić information content (AvgIpc) is 3.53. The number of aliphatic hydroxyl groups is 5. The third kappa shape index (κ3) is 45.2. The van der Waals surface area contributed by atoms with E-state index in [9.17, 15) is 35.1 Å². The molecule has 0 aromatic rings. The summed E-state index contributed by atoms with van der Waals surface area (Å²) in [7, 11) is 0. The molecule has 0 aliphatic carbocycles. The zero-order chi connectivity index (χ0) is 58.9. The molecule has 6 N–H and O–H groups in total. The Kier molecular flexibility index (Phi) is 54.1. The van der Waals surface area contributed by atoms with Crippen molar-refractivity contribution in [2.24, 2.45) is 0 Å². The SMILES string of the molecule is CC/C=C/C=C/C=C/CCCCCCCCCC(=O)OC1C(OCC(NC(=O)C(O)CCCCCCCCCCCCCCCC/C=C\C/C=C\CCCCC)C(O)/C=C/CCCCCCCCCCCCC)OC(CO)C(O)C1O. The van der Waals surface area contributed by atoms with Gasteiger partial charge in [0.1, 0.15) is 24.4 Å². The maximum atomic E-state index is 13.5. The highest BCUT2D eigenvalue weighted by atomic mass is 16.7. The highest BCUT2D eigenvalue weighted by Gasteiger charge is 2.47. The quantitative estimate of drug-likeness (QED) is 0.0149. The number of nitrogens with one attached hydrogen (secondary N) is 1. The monoisotopic (exact) mass is 1140 g/mol. The molecule has 1 aliphatic rings. The van der Waals surface area contributed by atoms with Crippen molar-refractivity contribution >= 4 is 11.9 Å². The van der Waals surface area contributed by atoms with Gasteiger partial charge in [0.25, 0.3) is 0 Å². The van der Waals surface area contributed by atoms with Gasteiger partial charge < -0.3 is 45.1 Å². The Balaban J connectivity index is 2.61. The van der Waals surface area contributed by atoms with Gasteiger partial charge in [0.2, 0.25) is 5.91 Å². The molecular formula is C70H125NO10. The smallest absolute Gasteiger partial charge is 0.306 e. The normalized spacial score (nSPS) is 19.1. The van der Waals surface area contributed by atoms with Gasteiger partial charge in [-0.05, 0) is 77.0 Å². The Morgan fingerprint density at radius 3 is 1.44 bits per heavy atom. The molecule has 1 heterocycles. The lowest BCUT2D eigenvalue weighted by molar-refractivity contribution is -0.305. The Labute approximate surface area is 496 Å². The van der Waals surface area contributed by atoms with Gasteiger partial charge in [-0.15, -0.1) is 0 Å².